The molecule has 22 heavy (non-hydrogen) atoms. The Morgan fingerprint density at radius 2 is 2.00 bits per heavy atom. The van der Waals surface area contributed by atoms with Crippen molar-refractivity contribution in [1.82, 2.24) is 4.90 Å². The lowest BCUT2D eigenvalue weighted by Gasteiger charge is -2.52. The van der Waals surface area contributed by atoms with Gasteiger partial charge in [0.05, 0.1) is 14.2 Å². The zero-order valence-corrected chi connectivity index (χ0v) is 15.9. The summed E-state index contributed by atoms with van der Waals surface area (Å²) in [4.78, 5) is 14.7. The van der Waals surface area contributed by atoms with E-state index in [2.05, 4.69) is 45.0 Å². The van der Waals surface area contributed by atoms with Crippen molar-refractivity contribution in [2.24, 2.45) is 11.8 Å². The van der Waals surface area contributed by atoms with Gasteiger partial charge in [0.2, 0.25) is 5.91 Å². The molecular formula is C18H33NO2Si. The van der Waals surface area contributed by atoms with E-state index in [-0.39, 0.29) is 30.0 Å². The summed E-state index contributed by atoms with van der Waals surface area (Å²) in [5, 5.41) is 12.3. The molecule has 0 saturated carbocycles. The molecule has 2 rings (SSSR count). The van der Waals surface area contributed by atoms with Crippen molar-refractivity contribution < 1.29 is 9.90 Å². The van der Waals surface area contributed by atoms with Crippen molar-refractivity contribution in [2.45, 2.75) is 83.8 Å². The third-order valence-corrected chi connectivity index (χ3v) is 8.05. The third-order valence-electron chi connectivity index (χ3n) is 5.79. The van der Waals surface area contributed by atoms with Gasteiger partial charge in [-0.05, 0) is 19.3 Å². The zero-order valence-electron chi connectivity index (χ0n) is 14.9. The van der Waals surface area contributed by atoms with Crippen molar-refractivity contribution in [2.75, 3.05) is 0 Å². The fraction of sp³-hybridized carbons (Fsp3) is 0.833. The Kier molecular flexibility index (Phi) is 5.22. The smallest absolute Gasteiger partial charge is 0.223 e. The minimum Gasteiger partial charge on any atom is -0.392 e. The van der Waals surface area contributed by atoms with Crippen LogP contribution in [0, 0.1) is 11.8 Å². The number of carbonyl (C=O) groups is 1. The number of amides is 1. The number of aliphatic hydroxyl groups is 1. The number of fused-ring (bicyclic) bond motifs is 1. The van der Waals surface area contributed by atoms with Crippen LogP contribution >= 0.6 is 0 Å². The molecule has 2 aliphatic rings. The Bertz CT molecular complexity index is 443. The fourth-order valence-corrected chi connectivity index (χ4v) is 5.90. The maximum absolute atomic E-state index is 12.5. The number of nitrogens with zero attached hydrogens (tertiary/aromatic N) is 1. The van der Waals surface area contributed by atoms with Crippen LogP contribution in [-0.4, -0.2) is 42.2 Å². The first-order valence-corrected chi connectivity index (χ1v) is 12.4. The van der Waals surface area contributed by atoms with Crippen molar-refractivity contribution in [1.29, 1.82) is 0 Å². The molecule has 2 aliphatic heterocycles. The number of piperidine rings is 1. The Balaban J connectivity index is 2.43. The molecule has 0 radical (unpaired) electrons. The molecule has 0 bridgehead atoms. The largest absolute Gasteiger partial charge is 0.392 e. The highest BCUT2D eigenvalue weighted by Gasteiger charge is 2.53. The van der Waals surface area contributed by atoms with E-state index in [1.807, 2.05) is 0 Å². The summed E-state index contributed by atoms with van der Waals surface area (Å²) in [6.45, 7) is 15.6. The fourth-order valence-electron chi connectivity index (χ4n) is 4.54. The molecule has 0 spiro atoms. The van der Waals surface area contributed by atoms with Crippen LogP contribution in [0.15, 0.2) is 11.8 Å². The van der Waals surface area contributed by atoms with Gasteiger partial charge >= 0.3 is 0 Å². The molecule has 0 aliphatic carbocycles. The zero-order chi connectivity index (χ0) is 16.7. The summed E-state index contributed by atoms with van der Waals surface area (Å²) in [5.41, 5.74) is 0. The van der Waals surface area contributed by atoms with E-state index in [0.717, 1.165) is 25.7 Å². The average Bonchev–Trinajstić information content (AvgIpc) is 2.80. The van der Waals surface area contributed by atoms with Crippen LogP contribution in [0.3, 0.4) is 0 Å². The normalized spacial score (nSPS) is 35.6. The summed E-state index contributed by atoms with van der Waals surface area (Å²) in [6, 6.07) is 0.400. The minimum absolute atomic E-state index is 0.0647. The maximum Gasteiger partial charge on any atom is 0.223 e. The van der Waals surface area contributed by atoms with Gasteiger partial charge in [-0.15, -0.1) is 6.58 Å². The Hall–Kier alpha value is -0.613. The molecule has 126 valence electrons. The van der Waals surface area contributed by atoms with Gasteiger partial charge in [0, 0.05) is 30.3 Å². The van der Waals surface area contributed by atoms with Gasteiger partial charge in [0.15, 0.2) is 0 Å². The topological polar surface area (TPSA) is 40.5 Å². The van der Waals surface area contributed by atoms with Gasteiger partial charge in [-0.3, -0.25) is 4.79 Å². The van der Waals surface area contributed by atoms with E-state index in [1.165, 1.54) is 5.20 Å². The van der Waals surface area contributed by atoms with E-state index >= 15 is 0 Å². The second kappa shape index (κ2) is 6.48. The first kappa shape index (κ1) is 17.7. The highest BCUT2D eigenvalue weighted by molar-refractivity contribution is 6.83. The lowest BCUT2D eigenvalue weighted by molar-refractivity contribution is -0.142. The van der Waals surface area contributed by atoms with Gasteiger partial charge < -0.3 is 10.0 Å². The molecule has 0 aromatic carbocycles. The van der Waals surface area contributed by atoms with Gasteiger partial charge in [0.25, 0.3) is 0 Å². The Morgan fingerprint density at radius 3 is 2.50 bits per heavy atom. The average molecular weight is 324 g/mol. The minimum atomic E-state index is -1.56. The van der Waals surface area contributed by atoms with E-state index in [9.17, 15) is 9.90 Å². The van der Waals surface area contributed by atoms with Crippen molar-refractivity contribution in [3.8, 4) is 0 Å². The Morgan fingerprint density at radius 1 is 1.36 bits per heavy atom. The number of aliphatic hydroxyl groups excluding tert-OH is 1. The highest BCUT2D eigenvalue weighted by Crippen LogP contribution is 2.45. The van der Waals surface area contributed by atoms with E-state index < -0.39 is 8.07 Å². The van der Waals surface area contributed by atoms with Gasteiger partial charge in [-0.1, -0.05) is 45.1 Å². The van der Waals surface area contributed by atoms with Crippen LogP contribution in [0.2, 0.25) is 19.6 Å². The van der Waals surface area contributed by atoms with E-state index in [4.69, 9.17) is 0 Å². The number of hydrogen-bond acceptors (Lipinski definition) is 2. The number of hydrogen-bond donors (Lipinski definition) is 1. The molecule has 2 saturated heterocycles. The summed E-state index contributed by atoms with van der Waals surface area (Å²) >= 11 is 0. The van der Waals surface area contributed by atoms with Crippen LogP contribution < -0.4 is 0 Å². The quantitative estimate of drug-likeness (QED) is 0.785. The Labute approximate surface area is 136 Å². The van der Waals surface area contributed by atoms with Crippen LogP contribution in [0.4, 0.5) is 0 Å². The molecule has 2 fully saturated rings. The van der Waals surface area contributed by atoms with Gasteiger partial charge in [-0.2, -0.15) is 0 Å². The highest BCUT2D eigenvalue weighted by atomic mass is 28.3. The van der Waals surface area contributed by atoms with E-state index in [1.54, 1.807) is 0 Å². The SMILES string of the molecule is C=C([C@@H]1[C@H](O)[C@H](CC)[C@@H]2CCC(=O)N2[C@H]1CCC)[Si](C)(C)C. The standard InChI is InChI=1S/C18H33NO2Si/c1-7-9-15-17(12(3)22(4,5)6)18(21)13(8-2)14-10-11-16(20)19(14)15/h13-15,17-18,21H,3,7-11H2,1-2,4-6H3/t13-,14+,15+,17+,18-/m1/s1. The van der Waals surface area contributed by atoms with Crippen molar-refractivity contribution in [3.05, 3.63) is 11.8 Å². The van der Waals surface area contributed by atoms with Crippen LogP contribution in [-0.2, 0) is 4.79 Å². The van der Waals surface area contributed by atoms with Crippen LogP contribution in [0.1, 0.15) is 46.0 Å². The molecule has 1 N–H and O–H groups in total. The maximum atomic E-state index is 12.5. The first-order chi connectivity index (χ1) is 10.2. The van der Waals surface area contributed by atoms with Crippen molar-refractivity contribution >= 4 is 14.0 Å². The molecule has 3 nitrogen and oxygen atoms in total. The summed E-state index contributed by atoms with van der Waals surface area (Å²) < 4.78 is 0. The molecule has 5 atom stereocenters. The van der Waals surface area contributed by atoms with Gasteiger partial charge in [0.1, 0.15) is 0 Å². The summed E-state index contributed by atoms with van der Waals surface area (Å²) in [5.74, 6) is 0.565. The van der Waals surface area contributed by atoms with Crippen molar-refractivity contribution in [3.63, 3.8) is 0 Å². The molecule has 1 amide bonds. The predicted molar refractivity (Wildman–Crippen MR) is 94.3 cm³/mol. The lowest BCUT2D eigenvalue weighted by Crippen LogP contribution is -2.61. The molecular weight excluding hydrogens is 290 g/mol. The molecule has 2 heterocycles. The molecule has 4 heteroatoms. The lowest BCUT2D eigenvalue weighted by atomic mass is 9.73. The predicted octanol–water partition coefficient (Wildman–Crippen LogP) is 3.60. The first-order valence-electron chi connectivity index (χ1n) is 8.92. The summed E-state index contributed by atoms with van der Waals surface area (Å²) in [7, 11) is -1.56. The van der Waals surface area contributed by atoms with Crippen LogP contribution in [0.25, 0.3) is 0 Å². The number of rotatable bonds is 5. The molecule has 0 aromatic heterocycles. The van der Waals surface area contributed by atoms with E-state index in [0.29, 0.717) is 12.3 Å². The monoisotopic (exact) mass is 323 g/mol. The molecule has 0 unspecified atom stereocenters. The van der Waals surface area contributed by atoms with Crippen LogP contribution in [0.5, 0.6) is 0 Å². The number of carbonyl (C=O) groups excluding carboxylic acids is 1. The van der Waals surface area contributed by atoms with Gasteiger partial charge in [-0.25, -0.2) is 0 Å². The summed E-state index contributed by atoms with van der Waals surface area (Å²) in [6.07, 6.45) is 4.18. The third kappa shape index (κ3) is 2.92. The second-order valence-electron chi connectivity index (χ2n) is 8.13. The second-order valence-corrected chi connectivity index (χ2v) is 13.3. The molecule has 0 aromatic rings.